The quantitative estimate of drug-likeness (QED) is 0.559. The minimum absolute atomic E-state index is 0.106. The van der Waals surface area contributed by atoms with Gasteiger partial charge in [-0.25, -0.2) is 0 Å². The SMILES string of the molecule is CN=C(NCCc1ccc(OC)cc1Cl)NCC1(N(C)C)CCOCC1. The number of aliphatic imine (C=N–C) groups is 1. The van der Waals surface area contributed by atoms with Crippen LogP contribution in [0, 0.1) is 0 Å². The number of nitrogens with zero attached hydrogens (tertiary/aromatic N) is 2. The van der Waals surface area contributed by atoms with Crippen molar-refractivity contribution in [3.05, 3.63) is 28.8 Å². The first-order valence-corrected chi connectivity index (χ1v) is 9.40. The number of nitrogens with one attached hydrogen (secondary N) is 2. The maximum atomic E-state index is 6.30. The van der Waals surface area contributed by atoms with E-state index in [0.717, 1.165) is 67.9 Å². The highest BCUT2D eigenvalue weighted by Gasteiger charge is 2.34. The molecule has 1 heterocycles. The molecule has 2 rings (SSSR count). The minimum atomic E-state index is 0.106. The molecule has 26 heavy (non-hydrogen) atoms. The van der Waals surface area contributed by atoms with Crippen LogP contribution in [0.4, 0.5) is 0 Å². The van der Waals surface area contributed by atoms with E-state index in [0.29, 0.717) is 0 Å². The first-order chi connectivity index (χ1) is 12.5. The molecule has 0 bridgehead atoms. The van der Waals surface area contributed by atoms with Gasteiger partial charge in [0.1, 0.15) is 5.75 Å². The lowest BCUT2D eigenvalue weighted by Crippen LogP contribution is -2.57. The second-order valence-electron chi connectivity index (χ2n) is 6.79. The largest absolute Gasteiger partial charge is 0.497 e. The minimum Gasteiger partial charge on any atom is -0.497 e. The molecule has 7 heteroatoms. The topological polar surface area (TPSA) is 58.1 Å². The maximum Gasteiger partial charge on any atom is 0.191 e. The zero-order chi connectivity index (χ0) is 19.0. The highest BCUT2D eigenvalue weighted by atomic mass is 35.5. The van der Waals surface area contributed by atoms with E-state index < -0.39 is 0 Å². The molecule has 0 atom stereocenters. The summed E-state index contributed by atoms with van der Waals surface area (Å²) in [5.74, 6) is 1.58. The Hall–Kier alpha value is -1.50. The van der Waals surface area contributed by atoms with Crippen LogP contribution in [0.3, 0.4) is 0 Å². The summed E-state index contributed by atoms with van der Waals surface area (Å²) < 4.78 is 10.7. The van der Waals surface area contributed by atoms with E-state index in [9.17, 15) is 0 Å². The van der Waals surface area contributed by atoms with Crippen molar-refractivity contribution >= 4 is 17.6 Å². The number of guanidine groups is 1. The molecule has 1 aromatic rings. The van der Waals surface area contributed by atoms with Gasteiger partial charge in [0.25, 0.3) is 0 Å². The van der Waals surface area contributed by atoms with Crippen LogP contribution in [0.1, 0.15) is 18.4 Å². The van der Waals surface area contributed by atoms with Crippen molar-refractivity contribution in [2.45, 2.75) is 24.8 Å². The number of ether oxygens (including phenoxy) is 2. The summed E-state index contributed by atoms with van der Waals surface area (Å²) in [6, 6.07) is 5.78. The molecule has 0 aromatic heterocycles. The molecule has 0 saturated carbocycles. The Kier molecular flexibility index (Phi) is 8.00. The third-order valence-electron chi connectivity index (χ3n) is 5.13. The Balaban J connectivity index is 1.84. The van der Waals surface area contributed by atoms with Crippen LogP contribution in [0.5, 0.6) is 5.75 Å². The lowest BCUT2D eigenvalue weighted by atomic mass is 9.88. The standard InChI is InChI=1S/C19H31ClN4O2/c1-21-18(23-14-19(24(2)3)8-11-26-12-9-19)22-10-7-15-5-6-16(25-4)13-17(15)20/h5-6,13H,7-12,14H2,1-4H3,(H2,21,22,23). The van der Waals surface area contributed by atoms with Gasteiger partial charge in [0.15, 0.2) is 5.96 Å². The van der Waals surface area contributed by atoms with Crippen molar-refractivity contribution in [2.24, 2.45) is 4.99 Å². The van der Waals surface area contributed by atoms with E-state index in [2.05, 4.69) is 34.6 Å². The van der Waals surface area contributed by atoms with Gasteiger partial charge in [-0.05, 0) is 51.1 Å². The third-order valence-corrected chi connectivity index (χ3v) is 5.48. The lowest BCUT2D eigenvalue weighted by Gasteiger charge is -2.43. The summed E-state index contributed by atoms with van der Waals surface area (Å²) in [5, 5.41) is 7.56. The van der Waals surface area contributed by atoms with Gasteiger partial charge < -0.3 is 25.0 Å². The highest BCUT2D eigenvalue weighted by molar-refractivity contribution is 6.31. The van der Waals surface area contributed by atoms with E-state index in [-0.39, 0.29) is 5.54 Å². The Morgan fingerprint density at radius 3 is 2.62 bits per heavy atom. The van der Waals surface area contributed by atoms with Gasteiger partial charge >= 0.3 is 0 Å². The molecule has 1 aliphatic rings. The number of likely N-dealkylation sites (N-methyl/N-ethyl adjacent to an activating group) is 1. The van der Waals surface area contributed by atoms with Crippen molar-refractivity contribution in [3.63, 3.8) is 0 Å². The summed E-state index contributed by atoms with van der Waals surface area (Å²) in [6.45, 7) is 3.21. The van der Waals surface area contributed by atoms with E-state index >= 15 is 0 Å². The fourth-order valence-corrected chi connectivity index (χ4v) is 3.44. The first-order valence-electron chi connectivity index (χ1n) is 9.03. The number of halogens is 1. The van der Waals surface area contributed by atoms with E-state index in [1.807, 2.05) is 18.2 Å². The molecule has 6 nitrogen and oxygen atoms in total. The second-order valence-corrected chi connectivity index (χ2v) is 7.20. The predicted molar refractivity (Wildman–Crippen MR) is 108 cm³/mol. The van der Waals surface area contributed by atoms with Gasteiger partial charge in [-0.2, -0.15) is 0 Å². The Morgan fingerprint density at radius 2 is 2.04 bits per heavy atom. The normalized spacial score (nSPS) is 17.2. The molecule has 1 aliphatic heterocycles. The van der Waals surface area contributed by atoms with E-state index in [1.165, 1.54) is 0 Å². The molecule has 0 amide bonds. The predicted octanol–water partition coefficient (Wildman–Crippen LogP) is 2.17. The number of rotatable bonds is 7. The molecule has 1 saturated heterocycles. The maximum absolute atomic E-state index is 6.30. The van der Waals surface area contributed by atoms with Gasteiger partial charge in [0.05, 0.1) is 7.11 Å². The molecule has 0 spiro atoms. The highest BCUT2D eigenvalue weighted by Crippen LogP contribution is 2.25. The van der Waals surface area contributed by atoms with Crippen LogP contribution in [0.2, 0.25) is 5.02 Å². The smallest absolute Gasteiger partial charge is 0.191 e. The van der Waals surface area contributed by atoms with E-state index in [1.54, 1.807) is 14.2 Å². The van der Waals surface area contributed by atoms with Crippen LogP contribution in [0.25, 0.3) is 0 Å². The van der Waals surface area contributed by atoms with Crippen LogP contribution in [0.15, 0.2) is 23.2 Å². The van der Waals surface area contributed by atoms with Crippen LogP contribution in [-0.4, -0.2) is 71.0 Å². The van der Waals surface area contributed by atoms with Crippen molar-refractivity contribution in [1.29, 1.82) is 0 Å². The van der Waals surface area contributed by atoms with Gasteiger partial charge in [-0.3, -0.25) is 4.99 Å². The molecular formula is C19H31ClN4O2. The molecule has 1 fully saturated rings. The molecule has 1 aromatic carbocycles. The summed E-state index contributed by atoms with van der Waals surface area (Å²) in [7, 11) is 7.70. The fourth-order valence-electron chi connectivity index (χ4n) is 3.18. The van der Waals surface area contributed by atoms with Crippen LogP contribution < -0.4 is 15.4 Å². The summed E-state index contributed by atoms with van der Waals surface area (Å²) >= 11 is 6.30. The summed E-state index contributed by atoms with van der Waals surface area (Å²) in [5.41, 5.74) is 1.19. The molecular weight excluding hydrogens is 352 g/mol. The summed E-state index contributed by atoms with van der Waals surface area (Å²) in [6.07, 6.45) is 2.85. The molecule has 0 radical (unpaired) electrons. The number of hydrogen-bond acceptors (Lipinski definition) is 4. The average molecular weight is 383 g/mol. The monoisotopic (exact) mass is 382 g/mol. The number of methoxy groups -OCH3 is 1. The Labute approximate surface area is 161 Å². The zero-order valence-electron chi connectivity index (χ0n) is 16.3. The second kappa shape index (κ2) is 10.00. The average Bonchev–Trinajstić information content (AvgIpc) is 2.66. The Bertz CT molecular complexity index is 601. The summed E-state index contributed by atoms with van der Waals surface area (Å²) in [4.78, 5) is 6.63. The zero-order valence-corrected chi connectivity index (χ0v) is 17.0. The van der Waals surface area contributed by atoms with Crippen LogP contribution in [-0.2, 0) is 11.2 Å². The molecule has 0 aliphatic carbocycles. The van der Waals surface area contributed by atoms with Crippen LogP contribution >= 0.6 is 11.6 Å². The third kappa shape index (κ3) is 5.50. The lowest BCUT2D eigenvalue weighted by molar-refractivity contribution is -0.00500. The van der Waals surface area contributed by atoms with Crippen molar-refractivity contribution in [1.82, 2.24) is 15.5 Å². The number of benzene rings is 1. The van der Waals surface area contributed by atoms with Crippen molar-refractivity contribution in [3.8, 4) is 5.75 Å². The van der Waals surface area contributed by atoms with Gasteiger partial charge in [-0.1, -0.05) is 17.7 Å². The molecule has 0 unspecified atom stereocenters. The van der Waals surface area contributed by atoms with Gasteiger partial charge in [0.2, 0.25) is 0 Å². The van der Waals surface area contributed by atoms with Gasteiger partial charge in [0, 0.05) is 43.9 Å². The molecule has 146 valence electrons. The van der Waals surface area contributed by atoms with Crippen molar-refractivity contribution in [2.75, 3.05) is 54.6 Å². The number of hydrogen-bond donors (Lipinski definition) is 2. The van der Waals surface area contributed by atoms with Crippen molar-refractivity contribution < 1.29 is 9.47 Å². The van der Waals surface area contributed by atoms with E-state index in [4.69, 9.17) is 21.1 Å². The fraction of sp³-hybridized carbons (Fsp3) is 0.632. The molecule has 2 N–H and O–H groups in total. The first kappa shape index (κ1) is 20.8. The Morgan fingerprint density at radius 1 is 1.31 bits per heavy atom. The van der Waals surface area contributed by atoms with Gasteiger partial charge in [-0.15, -0.1) is 0 Å².